The van der Waals surface area contributed by atoms with Crippen molar-refractivity contribution in [3.05, 3.63) is 54.4 Å². The van der Waals surface area contributed by atoms with E-state index in [0.717, 1.165) is 18.7 Å². The van der Waals surface area contributed by atoms with Crippen LogP contribution in [0, 0.1) is 0 Å². The van der Waals surface area contributed by atoms with Gasteiger partial charge in [0.1, 0.15) is 0 Å². The average Bonchev–Trinajstić information content (AvgIpc) is 2.85. The number of rotatable bonds is 5. The van der Waals surface area contributed by atoms with Gasteiger partial charge in [-0.05, 0) is 24.1 Å². The van der Waals surface area contributed by atoms with Crippen molar-refractivity contribution >= 4 is 6.08 Å². The second kappa shape index (κ2) is 5.99. The zero-order valence-electron chi connectivity index (χ0n) is 10.1. The zero-order chi connectivity index (χ0) is 11.9. The Morgan fingerprint density at radius 2 is 2.29 bits per heavy atom. The van der Waals surface area contributed by atoms with Crippen molar-refractivity contribution < 1.29 is 0 Å². The van der Waals surface area contributed by atoms with Crippen molar-refractivity contribution in [2.75, 3.05) is 0 Å². The van der Waals surface area contributed by atoms with Crippen LogP contribution in [-0.2, 0) is 6.54 Å². The molecule has 0 radical (unpaired) electrons. The predicted molar refractivity (Wildman–Crippen MR) is 69.5 cm³/mol. The maximum Gasteiger partial charge on any atom is 0.0949 e. The zero-order valence-corrected chi connectivity index (χ0v) is 10.1. The Hall–Kier alpha value is -1.90. The molecule has 3 heteroatoms. The van der Waals surface area contributed by atoms with Gasteiger partial charge in [-0.25, -0.2) is 4.98 Å². The third kappa shape index (κ3) is 3.55. The second-order valence-electron chi connectivity index (χ2n) is 4.02. The number of hydrogen-bond acceptors (Lipinski definition) is 2. The highest BCUT2D eigenvalue weighted by atomic mass is 15.0. The van der Waals surface area contributed by atoms with E-state index in [1.54, 1.807) is 6.20 Å². The molecule has 0 N–H and O–H groups in total. The Balaban J connectivity index is 1.98. The first-order valence-electron chi connectivity index (χ1n) is 5.95. The molecule has 0 aliphatic heterocycles. The fraction of sp³-hybridized carbons (Fsp3) is 0.286. The minimum absolute atomic E-state index is 0.825. The van der Waals surface area contributed by atoms with Gasteiger partial charge in [0.2, 0.25) is 0 Å². The molecule has 17 heavy (non-hydrogen) atoms. The normalized spacial score (nSPS) is 11.1. The number of allylic oxidation sites excluding steroid dienone is 1. The summed E-state index contributed by atoms with van der Waals surface area (Å²) in [6.45, 7) is 3.00. The molecule has 2 rings (SSSR count). The molecule has 0 unspecified atom stereocenters. The van der Waals surface area contributed by atoms with Gasteiger partial charge in [0.05, 0.1) is 12.0 Å². The highest BCUT2D eigenvalue weighted by molar-refractivity contribution is 5.44. The van der Waals surface area contributed by atoms with E-state index in [0.29, 0.717) is 0 Å². The molecule has 0 aliphatic rings. The molecule has 88 valence electrons. The third-order valence-electron chi connectivity index (χ3n) is 2.52. The van der Waals surface area contributed by atoms with Gasteiger partial charge in [0.15, 0.2) is 0 Å². The van der Waals surface area contributed by atoms with Gasteiger partial charge in [-0.2, -0.15) is 0 Å². The Labute approximate surface area is 102 Å². The van der Waals surface area contributed by atoms with E-state index in [4.69, 9.17) is 0 Å². The minimum Gasteiger partial charge on any atom is -0.333 e. The lowest BCUT2D eigenvalue weighted by atomic mass is 10.2. The highest BCUT2D eigenvalue weighted by Gasteiger charge is 1.95. The number of unbranched alkanes of at least 4 members (excludes halogenated alkanes) is 1. The molecule has 0 aromatic carbocycles. The summed E-state index contributed by atoms with van der Waals surface area (Å²) in [5.74, 6) is 0. The van der Waals surface area contributed by atoms with Crippen LogP contribution in [0.5, 0.6) is 0 Å². The molecule has 0 atom stereocenters. The largest absolute Gasteiger partial charge is 0.333 e. The molecule has 0 aliphatic carbocycles. The molecule has 0 amide bonds. The van der Waals surface area contributed by atoms with Crippen LogP contribution in [0.3, 0.4) is 0 Å². The van der Waals surface area contributed by atoms with Gasteiger partial charge in [0, 0.05) is 25.1 Å². The van der Waals surface area contributed by atoms with Crippen LogP contribution in [-0.4, -0.2) is 14.5 Å². The van der Waals surface area contributed by atoms with Crippen molar-refractivity contribution in [3.8, 4) is 0 Å². The molecule has 0 saturated heterocycles. The summed E-state index contributed by atoms with van der Waals surface area (Å²) in [7, 11) is 0. The standard InChI is InChI=1S/C14H17N3/c1-2-3-4-5-14-7-6-13(10-16-14)11-17-9-8-15-12-17/h4-10,12H,2-3,11H2,1H3. The lowest BCUT2D eigenvalue weighted by molar-refractivity contribution is 0.793. The maximum atomic E-state index is 4.41. The summed E-state index contributed by atoms with van der Waals surface area (Å²) in [5.41, 5.74) is 2.21. The van der Waals surface area contributed by atoms with E-state index in [1.165, 1.54) is 12.0 Å². The summed E-state index contributed by atoms with van der Waals surface area (Å²) >= 11 is 0. The Bertz CT molecular complexity index is 455. The third-order valence-corrected chi connectivity index (χ3v) is 2.52. The first-order valence-corrected chi connectivity index (χ1v) is 5.95. The van der Waals surface area contributed by atoms with E-state index < -0.39 is 0 Å². The van der Waals surface area contributed by atoms with Crippen LogP contribution < -0.4 is 0 Å². The topological polar surface area (TPSA) is 30.7 Å². The quantitative estimate of drug-likeness (QED) is 0.785. The van der Waals surface area contributed by atoms with Crippen molar-refractivity contribution in [1.29, 1.82) is 0 Å². The summed E-state index contributed by atoms with van der Waals surface area (Å²) < 4.78 is 2.03. The van der Waals surface area contributed by atoms with Crippen LogP contribution in [0.25, 0.3) is 6.08 Å². The van der Waals surface area contributed by atoms with Gasteiger partial charge in [0.25, 0.3) is 0 Å². The Kier molecular flexibility index (Phi) is 4.08. The average molecular weight is 227 g/mol. The highest BCUT2D eigenvalue weighted by Crippen LogP contribution is 2.05. The predicted octanol–water partition coefficient (Wildman–Crippen LogP) is 3.14. The van der Waals surface area contributed by atoms with E-state index in [2.05, 4.69) is 41.2 Å². The van der Waals surface area contributed by atoms with Crippen molar-refractivity contribution in [2.24, 2.45) is 0 Å². The number of hydrogen-bond donors (Lipinski definition) is 0. The summed E-state index contributed by atoms with van der Waals surface area (Å²) in [4.78, 5) is 8.43. The molecule has 0 bridgehead atoms. The number of pyridine rings is 1. The first-order chi connectivity index (χ1) is 8.38. The number of nitrogens with zero attached hydrogens (tertiary/aromatic N) is 3. The maximum absolute atomic E-state index is 4.41. The molecule has 0 saturated carbocycles. The summed E-state index contributed by atoms with van der Waals surface area (Å²) in [5, 5.41) is 0. The van der Waals surface area contributed by atoms with Gasteiger partial charge in [-0.3, -0.25) is 4.98 Å². The fourth-order valence-electron chi connectivity index (χ4n) is 1.59. The van der Waals surface area contributed by atoms with Crippen LogP contribution in [0.4, 0.5) is 0 Å². The lowest BCUT2D eigenvalue weighted by Crippen LogP contribution is -1.97. The van der Waals surface area contributed by atoms with Gasteiger partial charge < -0.3 is 4.57 Å². The molecule has 0 spiro atoms. The van der Waals surface area contributed by atoms with Crippen molar-refractivity contribution in [3.63, 3.8) is 0 Å². The molecule has 2 heterocycles. The van der Waals surface area contributed by atoms with E-state index in [1.807, 2.05) is 23.3 Å². The van der Waals surface area contributed by atoms with Crippen LogP contribution in [0.2, 0.25) is 0 Å². The summed E-state index contributed by atoms with van der Waals surface area (Å²) in [6, 6.07) is 4.16. The van der Waals surface area contributed by atoms with Gasteiger partial charge in [-0.1, -0.05) is 25.5 Å². The van der Waals surface area contributed by atoms with Crippen LogP contribution in [0.15, 0.2) is 43.1 Å². The second-order valence-corrected chi connectivity index (χ2v) is 4.02. The van der Waals surface area contributed by atoms with E-state index in [9.17, 15) is 0 Å². The lowest BCUT2D eigenvalue weighted by Gasteiger charge is -2.02. The van der Waals surface area contributed by atoms with Crippen LogP contribution >= 0.6 is 0 Å². The fourth-order valence-corrected chi connectivity index (χ4v) is 1.59. The van der Waals surface area contributed by atoms with Crippen LogP contribution in [0.1, 0.15) is 31.0 Å². The molecule has 3 nitrogen and oxygen atoms in total. The molecular weight excluding hydrogens is 210 g/mol. The molecule has 2 aromatic heterocycles. The van der Waals surface area contributed by atoms with Gasteiger partial charge >= 0.3 is 0 Å². The summed E-state index contributed by atoms with van der Waals surface area (Å²) in [6.07, 6.45) is 14.0. The Morgan fingerprint density at radius 1 is 1.35 bits per heavy atom. The Morgan fingerprint density at radius 3 is 2.94 bits per heavy atom. The smallest absolute Gasteiger partial charge is 0.0949 e. The minimum atomic E-state index is 0.825. The van der Waals surface area contributed by atoms with Gasteiger partial charge in [-0.15, -0.1) is 0 Å². The van der Waals surface area contributed by atoms with Crippen molar-refractivity contribution in [1.82, 2.24) is 14.5 Å². The first kappa shape index (κ1) is 11.6. The van der Waals surface area contributed by atoms with E-state index in [-0.39, 0.29) is 0 Å². The number of aromatic nitrogens is 3. The number of imidazole rings is 1. The molecule has 2 aromatic rings. The van der Waals surface area contributed by atoms with E-state index >= 15 is 0 Å². The SMILES string of the molecule is CCCC=Cc1ccc(Cn2ccnc2)cn1. The molecule has 0 fully saturated rings. The molecular formula is C14H17N3. The monoisotopic (exact) mass is 227 g/mol. The van der Waals surface area contributed by atoms with Crippen molar-refractivity contribution in [2.45, 2.75) is 26.3 Å².